The van der Waals surface area contributed by atoms with Crippen LogP contribution in [-0.4, -0.2) is 41.7 Å². The average molecular weight is 361 g/mol. The van der Waals surface area contributed by atoms with Crippen LogP contribution in [0.2, 0.25) is 0 Å². The standard InChI is InChI=1S/C20H21F2NO3/c21-16-5-1-14(2-6-16)20(15-3-7-17(22)8-4-15)26-18-9-11-23(12-10-18)13-19(24)25/h1-8,18,20H,9-13H2,(H,24,25). The number of nitrogens with zero attached hydrogens (tertiary/aromatic N) is 1. The number of benzene rings is 2. The third-order valence-corrected chi connectivity index (χ3v) is 4.57. The fourth-order valence-electron chi connectivity index (χ4n) is 3.21. The summed E-state index contributed by atoms with van der Waals surface area (Å²) >= 11 is 0. The van der Waals surface area contributed by atoms with Crippen molar-refractivity contribution in [1.29, 1.82) is 0 Å². The van der Waals surface area contributed by atoms with Crippen LogP contribution >= 0.6 is 0 Å². The van der Waals surface area contributed by atoms with Crippen LogP contribution in [0.4, 0.5) is 8.78 Å². The van der Waals surface area contributed by atoms with Crippen molar-refractivity contribution in [2.45, 2.75) is 25.0 Å². The first-order chi connectivity index (χ1) is 12.5. The van der Waals surface area contributed by atoms with Crippen LogP contribution in [0, 0.1) is 11.6 Å². The lowest BCUT2D eigenvalue weighted by atomic mass is 10.00. The van der Waals surface area contributed by atoms with Gasteiger partial charge < -0.3 is 9.84 Å². The number of hydrogen-bond acceptors (Lipinski definition) is 3. The molecule has 0 radical (unpaired) electrons. The highest BCUT2D eigenvalue weighted by Gasteiger charge is 2.25. The van der Waals surface area contributed by atoms with Gasteiger partial charge in [-0.15, -0.1) is 0 Å². The van der Waals surface area contributed by atoms with E-state index in [0.29, 0.717) is 25.9 Å². The molecule has 0 aromatic heterocycles. The fraction of sp³-hybridized carbons (Fsp3) is 0.350. The molecule has 0 bridgehead atoms. The van der Waals surface area contributed by atoms with E-state index in [1.54, 1.807) is 24.3 Å². The number of likely N-dealkylation sites (tertiary alicyclic amines) is 1. The molecule has 1 N–H and O–H groups in total. The van der Waals surface area contributed by atoms with E-state index in [2.05, 4.69) is 0 Å². The molecule has 2 aromatic rings. The number of aliphatic carboxylic acids is 1. The molecule has 0 spiro atoms. The molecule has 1 aliphatic heterocycles. The highest BCUT2D eigenvalue weighted by Crippen LogP contribution is 2.30. The Labute approximate surface area is 151 Å². The van der Waals surface area contributed by atoms with E-state index >= 15 is 0 Å². The summed E-state index contributed by atoms with van der Waals surface area (Å²) < 4.78 is 32.8. The Kier molecular flexibility index (Phi) is 5.96. The number of hydrogen-bond donors (Lipinski definition) is 1. The molecule has 0 atom stereocenters. The second kappa shape index (κ2) is 8.38. The van der Waals surface area contributed by atoms with Crippen molar-refractivity contribution in [3.8, 4) is 0 Å². The van der Waals surface area contributed by atoms with Crippen LogP contribution in [0.3, 0.4) is 0 Å². The maximum atomic E-state index is 13.3. The summed E-state index contributed by atoms with van der Waals surface area (Å²) in [4.78, 5) is 12.7. The van der Waals surface area contributed by atoms with Gasteiger partial charge in [0.25, 0.3) is 0 Å². The number of rotatable bonds is 6. The van der Waals surface area contributed by atoms with Gasteiger partial charge in [-0.3, -0.25) is 9.69 Å². The van der Waals surface area contributed by atoms with E-state index in [1.165, 1.54) is 24.3 Å². The molecular formula is C20H21F2NO3. The van der Waals surface area contributed by atoms with Crippen LogP contribution in [0.15, 0.2) is 48.5 Å². The number of halogens is 2. The first kappa shape index (κ1) is 18.5. The van der Waals surface area contributed by atoms with E-state index in [9.17, 15) is 13.6 Å². The van der Waals surface area contributed by atoms with Gasteiger partial charge in [-0.25, -0.2) is 8.78 Å². The summed E-state index contributed by atoms with van der Waals surface area (Å²) in [5.74, 6) is -1.48. The smallest absolute Gasteiger partial charge is 0.317 e. The van der Waals surface area contributed by atoms with E-state index in [4.69, 9.17) is 9.84 Å². The predicted molar refractivity (Wildman–Crippen MR) is 92.8 cm³/mol. The highest BCUT2D eigenvalue weighted by molar-refractivity contribution is 5.69. The van der Waals surface area contributed by atoms with Crippen LogP contribution < -0.4 is 0 Å². The normalized spacial score (nSPS) is 16.1. The molecule has 6 heteroatoms. The maximum Gasteiger partial charge on any atom is 0.317 e. The number of carbonyl (C=O) groups is 1. The van der Waals surface area contributed by atoms with Gasteiger partial charge in [0, 0.05) is 13.1 Å². The molecule has 3 rings (SSSR count). The maximum absolute atomic E-state index is 13.3. The molecular weight excluding hydrogens is 340 g/mol. The summed E-state index contributed by atoms with van der Waals surface area (Å²) in [7, 11) is 0. The number of carboxylic acid groups (broad SMARTS) is 1. The van der Waals surface area contributed by atoms with E-state index in [0.717, 1.165) is 11.1 Å². The monoisotopic (exact) mass is 361 g/mol. The molecule has 0 aliphatic carbocycles. The molecule has 0 amide bonds. The summed E-state index contributed by atoms with van der Waals surface area (Å²) in [6, 6.07) is 12.2. The van der Waals surface area contributed by atoms with Crippen molar-refractivity contribution >= 4 is 5.97 Å². The largest absolute Gasteiger partial charge is 0.480 e. The number of carboxylic acids is 1. The van der Waals surface area contributed by atoms with Crippen molar-refractivity contribution in [2.24, 2.45) is 0 Å². The minimum absolute atomic E-state index is 0.0338. The molecule has 1 fully saturated rings. The van der Waals surface area contributed by atoms with Gasteiger partial charge in [0.1, 0.15) is 17.7 Å². The van der Waals surface area contributed by atoms with Gasteiger partial charge in [-0.2, -0.15) is 0 Å². The Morgan fingerprint density at radius 3 is 1.88 bits per heavy atom. The predicted octanol–water partition coefficient (Wildman–Crippen LogP) is 3.62. The molecule has 0 unspecified atom stereocenters. The lowest BCUT2D eigenvalue weighted by Crippen LogP contribution is -2.40. The van der Waals surface area contributed by atoms with Gasteiger partial charge in [0.15, 0.2) is 0 Å². The van der Waals surface area contributed by atoms with Crippen LogP contribution in [-0.2, 0) is 9.53 Å². The van der Waals surface area contributed by atoms with Gasteiger partial charge >= 0.3 is 5.97 Å². The number of ether oxygens (including phenoxy) is 1. The van der Waals surface area contributed by atoms with Crippen molar-refractivity contribution in [2.75, 3.05) is 19.6 Å². The Balaban J connectivity index is 1.73. The molecule has 0 saturated carbocycles. The molecule has 4 nitrogen and oxygen atoms in total. The molecule has 26 heavy (non-hydrogen) atoms. The Hall–Kier alpha value is -2.31. The zero-order valence-corrected chi connectivity index (χ0v) is 14.3. The zero-order chi connectivity index (χ0) is 18.5. The highest BCUT2D eigenvalue weighted by atomic mass is 19.1. The van der Waals surface area contributed by atoms with Crippen molar-refractivity contribution in [3.63, 3.8) is 0 Å². The minimum atomic E-state index is -0.833. The van der Waals surface area contributed by atoms with E-state index < -0.39 is 12.1 Å². The molecule has 1 heterocycles. The summed E-state index contributed by atoms with van der Waals surface area (Å²) in [5, 5.41) is 8.89. The van der Waals surface area contributed by atoms with Crippen molar-refractivity contribution in [1.82, 2.24) is 4.90 Å². The van der Waals surface area contributed by atoms with Gasteiger partial charge in [0.05, 0.1) is 12.6 Å². The average Bonchev–Trinajstić information content (AvgIpc) is 2.62. The van der Waals surface area contributed by atoms with Crippen molar-refractivity contribution in [3.05, 3.63) is 71.3 Å². The minimum Gasteiger partial charge on any atom is -0.480 e. The first-order valence-corrected chi connectivity index (χ1v) is 8.62. The van der Waals surface area contributed by atoms with Gasteiger partial charge in [-0.05, 0) is 48.2 Å². The second-order valence-corrected chi connectivity index (χ2v) is 6.49. The molecule has 1 saturated heterocycles. The van der Waals surface area contributed by atoms with E-state index in [-0.39, 0.29) is 24.3 Å². The van der Waals surface area contributed by atoms with Gasteiger partial charge in [0.2, 0.25) is 0 Å². The Morgan fingerprint density at radius 1 is 1.00 bits per heavy atom. The molecule has 1 aliphatic rings. The van der Waals surface area contributed by atoms with Crippen molar-refractivity contribution < 1.29 is 23.4 Å². The topological polar surface area (TPSA) is 49.8 Å². The Bertz CT molecular complexity index is 680. The zero-order valence-electron chi connectivity index (χ0n) is 14.3. The lowest BCUT2D eigenvalue weighted by Gasteiger charge is -2.33. The van der Waals surface area contributed by atoms with Crippen LogP contribution in [0.5, 0.6) is 0 Å². The number of piperidine rings is 1. The Morgan fingerprint density at radius 2 is 1.46 bits per heavy atom. The summed E-state index contributed by atoms with van der Waals surface area (Å²) in [6.07, 6.45) is 0.964. The third kappa shape index (κ3) is 4.86. The fourth-order valence-corrected chi connectivity index (χ4v) is 3.21. The first-order valence-electron chi connectivity index (χ1n) is 8.62. The van der Waals surface area contributed by atoms with Crippen LogP contribution in [0.25, 0.3) is 0 Å². The second-order valence-electron chi connectivity index (χ2n) is 6.49. The summed E-state index contributed by atoms with van der Waals surface area (Å²) in [5.41, 5.74) is 1.59. The molecule has 2 aromatic carbocycles. The van der Waals surface area contributed by atoms with Crippen LogP contribution in [0.1, 0.15) is 30.1 Å². The lowest BCUT2D eigenvalue weighted by molar-refractivity contribution is -0.139. The van der Waals surface area contributed by atoms with Gasteiger partial charge in [-0.1, -0.05) is 24.3 Å². The summed E-state index contributed by atoms with van der Waals surface area (Å²) in [6.45, 7) is 1.33. The third-order valence-electron chi connectivity index (χ3n) is 4.57. The van der Waals surface area contributed by atoms with E-state index in [1.807, 2.05) is 4.90 Å². The SMILES string of the molecule is O=C(O)CN1CCC(OC(c2ccc(F)cc2)c2ccc(F)cc2)CC1. The molecule has 138 valence electrons. The quantitative estimate of drug-likeness (QED) is 0.854.